The maximum atomic E-state index is 10.6. The first kappa shape index (κ1) is 14.6. The predicted molar refractivity (Wildman–Crippen MR) is 65.2 cm³/mol. The van der Waals surface area contributed by atoms with Crippen LogP contribution in [-0.2, 0) is 14.3 Å². The summed E-state index contributed by atoms with van der Waals surface area (Å²) in [6, 6.07) is 0. The van der Waals surface area contributed by atoms with Crippen LogP contribution in [0.15, 0.2) is 37.5 Å². The maximum Gasteiger partial charge on any atom is 0.330 e. The van der Waals surface area contributed by atoms with Crippen LogP contribution in [0.2, 0.25) is 0 Å². The van der Waals surface area contributed by atoms with Crippen LogP contribution < -0.4 is 0 Å². The van der Waals surface area contributed by atoms with E-state index in [0.29, 0.717) is 13.2 Å². The fraction of sp³-hybridized carbons (Fsp3) is 0.462. The molecular formula is C13H20O3. The van der Waals surface area contributed by atoms with Crippen LogP contribution in [0, 0.1) is 0 Å². The van der Waals surface area contributed by atoms with E-state index in [2.05, 4.69) is 19.2 Å². The molecule has 0 aliphatic heterocycles. The minimum absolute atomic E-state index is 0.273. The Kier molecular flexibility index (Phi) is 10.7. The zero-order valence-corrected chi connectivity index (χ0v) is 9.69. The second-order valence-electron chi connectivity index (χ2n) is 3.14. The molecule has 0 rings (SSSR count). The van der Waals surface area contributed by atoms with Crippen molar-refractivity contribution >= 4 is 5.97 Å². The first-order valence-electron chi connectivity index (χ1n) is 5.44. The number of allylic oxidation sites excluding steroid dienone is 2. The molecule has 3 heteroatoms. The van der Waals surface area contributed by atoms with Gasteiger partial charge in [-0.3, -0.25) is 0 Å². The van der Waals surface area contributed by atoms with Crippen molar-refractivity contribution in [3.63, 3.8) is 0 Å². The van der Waals surface area contributed by atoms with Crippen molar-refractivity contribution in [2.45, 2.75) is 19.3 Å². The van der Waals surface area contributed by atoms with Crippen molar-refractivity contribution in [3.8, 4) is 0 Å². The number of carbonyl (C=O) groups is 1. The van der Waals surface area contributed by atoms with E-state index in [1.807, 2.05) is 12.2 Å². The first-order chi connectivity index (χ1) is 7.81. The van der Waals surface area contributed by atoms with Gasteiger partial charge in [0.2, 0.25) is 0 Å². The number of ether oxygens (including phenoxy) is 2. The highest BCUT2D eigenvalue weighted by Gasteiger charge is 1.93. The highest BCUT2D eigenvalue weighted by Crippen LogP contribution is 1.96. The van der Waals surface area contributed by atoms with Gasteiger partial charge in [0.15, 0.2) is 0 Å². The molecule has 0 aliphatic rings. The van der Waals surface area contributed by atoms with Gasteiger partial charge >= 0.3 is 5.97 Å². The number of esters is 1. The summed E-state index contributed by atoms with van der Waals surface area (Å²) in [6.07, 6.45) is 10.3. The van der Waals surface area contributed by atoms with E-state index in [-0.39, 0.29) is 6.61 Å². The molecule has 0 saturated carbocycles. The summed E-state index contributed by atoms with van der Waals surface area (Å²) in [4.78, 5) is 10.6. The number of unbranched alkanes of at least 4 members (excludes halogenated alkanes) is 2. The van der Waals surface area contributed by atoms with E-state index >= 15 is 0 Å². The lowest BCUT2D eigenvalue weighted by Gasteiger charge is -2.01. The summed E-state index contributed by atoms with van der Waals surface area (Å²) >= 11 is 0. The van der Waals surface area contributed by atoms with Gasteiger partial charge in [0.1, 0.15) is 6.61 Å². The summed E-state index contributed by atoms with van der Waals surface area (Å²) in [5, 5.41) is 0. The van der Waals surface area contributed by atoms with E-state index in [1.54, 1.807) is 0 Å². The van der Waals surface area contributed by atoms with E-state index in [9.17, 15) is 4.79 Å². The van der Waals surface area contributed by atoms with Crippen LogP contribution in [-0.4, -0.2) is 25.8 Å². The van der Waals surface area contributed by atoms with Crippen LogP contribution in [0.4, 0.5) is 0 Å². The molecule has 0 amide bonds. The van der Waals surface area contributed by atoms with Crippen molar-refractivity contribution in [1.29, 1.82) is 0 Å². The van der Waals surface area contributed by atoms with Crippen molar-refractivity contribution in [2.75, 3.05) is 19.8 Å². The highest BCUT2D eigenvalue weighted by atomic mass is 16.6. The smallest absolute Gasteiger partial charge is 0.330 e. The molecule has 0 fully saturated rings. The molecule has 0 bridgehead atoms. The first-order valence-corrected chi connectivity index (χ1v) is 5.44. The lowest BCUT2D eigenvalue weighted by Crippen LogP contribution is -2.08. The molecule has 0 unspecified atom stereocenters. The fourth-order valence-electron chi connectivity index (χ4n) is 0.977. The average Bonchev–Trinajstić information content (AvgIpc) is 2.31. The quantitative estimate of drug-likeness (QED) is 0.248. The molecule has 90 valence electrons. The van der Waals surface area contributed by atoms with Crippen molar-refractivity contribution < 1.29 is 14.3 Å². The molecule has 0 saturated heterocycles. The Morgan fingerprint density at radius 1 is 1.12 bits per heavy atom. The van der Waals surface area contributed by atoms with Gasteiger partial charge in [-0.2, -0.15) is 0 Å². The number of carbonyl (C=O) groups excluding carboxylic acids is 1. The summed E-state index contributed by atoms with van der Waals surface area (Å²) in [7, 11) is 0. The average molecular weight is 224 g/mol. The third-order valence-corrected chi connectivity index (χ3v) is 1.80. The monoisotopic (exact) mass is 224 g/mol. The van der Waals surface area contributed by atoms with Crippen molar-refractivity contribution in [3.05, 3.63) is 37.5 Å². The second kappa shape index (κ2) is 11.7. The summed E-state index contributed by atoms with van der Waals surface area (Å²) < 4.78 is 9.95. The number of hydrogen-bond donors (Lipinski definition) is 0. The molecule has 0 radical (unpaired) electrons. The standard InChI is InChI=1S/C13H20O3/c1-3-5-6-7-8-9-10-15-11-12-16-13(14)4-2/h3-4,8-9H,1-2,5-7,10-12H2/b9-8-. The zero-order chi connectivity index (χ0) is 12.1. The normalized spacial score (nSPS) is 10.2. The Hall–Kier alpha value is -1.35. The van der Waals surface area contributed by atoms with Gasteiger partial charge in [-0.25, -0.2) is 4.79 Å². The maximum absolute atomic E-state index is 10.6. The predicted octanol–water partition coefficient (Wildman–Crippen LogP) is 2.64. The number of hydrogen-bond acceptors (Lipinski definition) is 3. The third kappa shape index (κ3) is 10.7. The molecule has 0 aliphatic carbocycles. The molecule has 0 N–H and O–H groups in total. The summed E-state index contributed by atoms with van der Waals surface area (Å²) in [6.45, 7) is 8.18. The molecule has 0 atom stereocenters. The Balaban J connectivity index is 3.17. The minimum atomic E-state index is -0.413. The minimum Gasteiger partial charge on any atom is -0.460 e. The van der Waals surface area contributed by atoms with Crippen LogP contribution in [0.3, 0.4) is 0 Å². The van der Waals surface area contributed by atoms with Crippen molar-refractivity contribution in [2.24, 2.45) is 0 Å². The van der Waals surface area contributed by atoms with E-state index in [1.165, 1.54) is 0 Å². The summed E-state index contributed by atoms with van der Waals surface area (Å²) in [5.41, 5.74) is 0. The van der Waals surface area contributed by atoms with Gasteiger partial charge in [-0.1, -0.05) is 24.8 Å². The topological polar surface area (TPSA) is 35.5 Å². The Labute approximate surface area is 97.4 Å². The molecular weight excluding hydrogens is 204 g/mol. The Bertz CT molecular complexity index is 231. The highest BCUT2D eigenvalue weighted by molar-refractivity contribution is 5.81. The van der Waals surface area contributed by atoms with Crippen LogP contribution in [0.5, 0.6) is 0 Å². The van der Waals surface area contributed by atoms with Gasteiger partial charge in [0, 0.05) is 6.08 Å². The van der Waals surface area contributed by atoms with Crippen LogP contribution >= 0.6 is 0 Å². The van der Waals surface area contributed by atoms with Gasteiger partial charge in [0.25, 0.3) is 0 Å². The fourth-order valence-corrected chi connectivity index (χ4v) is 0.977. The van der Waals surface area contributed by atoms with E-state index in [4.69, 9.17) is 9.47 Å². The molecule has 16 heavy (non-hydrogen) atoms. The SMILES string of the molecule is C=CCCC/C=C\COCCOC(=O)C=C. The Morgan fingerprint density at radius 2 is 1.94 bits per heavy atom. The molecule has 0 aromatic carbocycles. The molecule has 0 heterocycles. The summed E-state index contributed by atoms with van der Waals surface area (Å²) in [5.74, 6) is -0.413. The second-order valence-corrected chi connectivity index (χ2v) is 3.14. The van der Waals surface area contributed by atoms with E-state index in [0.717, 1.165) is 25.3 Å². The Morgan fingerprint density at radius 3 is 2.62 bits per heavy atom. The van der Waals surface area contributed by atoms with Gasteiger partial charge < -0.3 is 9.47 Å². The van der Waals surface area contributed by atoms with Crippen molar-refractivity contribution in [1.82, 2.24) is 0 Å². The molecule has 3 nitrogen and oxygen atoms in total. The van der Waals surface area contributed by atoms with Gasteiger partial charge in [-0.05, 0) is 19.3 Å². The van der Waals surface area contributed by atoms with E-state index < -0.39 is 5.97 Å². The molecule has 0 aromatic heterocycles. The molecule has 0 spiro atoms. The lowest BCUT2D eigenvalue weighted by atomic mass is 10.2. The number of rotatable bonds is 10. The van der Waals surface area contributed by atoms with Crippen LogP contribution in [0.25, 0.3) is 0 Å². The third-order valence-electron chi connectivity index (χ3n) is 1.80. The van der Waals surface area contributed by atoms with Crippen LogP contribution in [0.1, 0.15) is 19.3 Å². The van der Waals surface area contributed by atoms with Gasteiger partial charge in [0.05, 0.1) is 13.2 Å². The largest absolute Gasteiger partial charge is 0.460 e. The lowest BCUT2D eigenvalue weighted by molar-refractivity contribution is -0.139. The zero-order valence-electron chi connectivity index (χ0n) is 9.69. The van der Waals surface area contributed by atoms with Gasteiger partial charge in [-0.15, -0.1) is 6.58 Å². The molecule has 0 aromatic rings.